The maximum Gasteiger partial charge on any atom is 0.228 e. The van der Waals surface area contributed by atoms with Gasteiger partial charge in [0.1, 0.15) is 18.2 Å². The van der Waals surface area contributed by atoms with E-state index in [2.05, 4.69) is 10.2 Å². The second-order valence-electron chi connectivity index (χ2n) is 5.31. The van der Waals surface area contributed by atoms with E-state index >= 15 is 0 Å². The van der Waals surface area contributed by atoms with Gasteiger partial charge in [-0.3, -0.25) is 4.79 Å². The van der Waals surface area contributed by atoms with Gasteiger partial charge in [0.15, 0.2) is 0 Å². The van der Waals surface area contributed by atoms with Gasteiger partial charge in [-0.2, -0.15) is 0 Å². The summed E-state index contributed by atoms with van der Waals surface area (Å²) in [6, 6.07) is 11.6. The zero-order valence-electron chi connectivity index (χ0n) is 12.3. The number of nitrogens with one attached hydrogen (secondary N) is 1. The molecule has 1 amide bonds. The van der Waals surface area contributed by atoms with Crippen molar-refractivity contribution in [3.63, 3.8) is 0 Å². The Morgan fingerprint density at radius 2 is 2.18 bits per heavy atom. The molecule has 0 saturated carbocycles. The van der Waals surface area contributed by atoms with Crippen molar-refractivity contribution < 1.29 is 13.9 Å². The second-order valence-corrected chi connectivity index (χ2v) is 5.31. The van der Waals surface area contributed by atoms with Gasteiger partial charge in [0.2, 0.25) is 5.91 Å². The Labute approximate surface area is 128 Å². The summed E-state index contributed by atoms with van der Waals surface area (Å²) in [6.07, 6.45) is 0.140. The molecule has 114 valence electrons. The first kappa shape index (κ1) is 14.4. The van der Waals surface area contributed by atoms with E-state index in [1.807, 2.05) is 25.2 Å². The first-order valence-electron chi connectivity index (χ1n) is 7.14. The largest absolute Gasteiger partial charge is 0.490 e. The summed E-state index contributed by atoms with van der Waals surface area (Å²) in [7, 11) is 1.99. The fraction of sp³-hybridized carbons (Fsp3) is 0.235. The maximum absolute atomic E-state index is 13.1. The smallest absolute Gasteiger partial charge is 0.228 e. The summed E-state index contributed by atoms with van der Waals surface area (Å²) in [5, 5.41) is 2.84. The van der Waals surface area contributed by atoms with Crippen LogP contribution in [-0.2, 0) is 11.2 Å². The van der Waals surface area contributed by atoms with Crippen molar-refractivity contribution in [2.45, 2.75) is 6.42 Å². The number of likely N-dealkylation sites (N-methyl/N-ethyl adjacent to an activating group) is 1. The molecular formula is C17H17FN2O2. The molecule has 0 aromatic heterocycles. The van der Waals surface area contributed by atoms with Crippen molar-refractivity contribution in [2.75, 3.05) is 30.4 Å². The van der Waals surface area contributed by atoms with Gasteiger partial charge in [-0.1, -0.05) is 12.1 Å². The molecule has 1 aliphatic rings. The third-order valence-corrected chi connectivity index (χ3v) is 3.59. The number of carbonyl (C=O) groups is 1. The highest BCUT2D eigenvalue weighted by molar-refractivity contribution is 5.93. The van der Waals surface area contributed by atoms with Gasteiger partial charge in [0, 0.05) is 12.7 Å². The molecule has 4 nitrogen and oxygen atoms in total. The van der Waals surface area contributed by atoms with E-state index in [-0.39, 0.29) is 18.1 Å². The number of ether oxygens (including phenoxy) is 1. The molecule has 1 heterocycles. The van der Waals surface area contributed by atoms with E-state index < -0.39 is 0 Å². The van der Waals surface area contributed by atoms with Crippen LogP contribution in [0.25, 0.3) is 0 Å². The van der Waals surface area contributed by atoms with E-state index in [4.69, 9.17) is 4.74 Å². The van der Waals surface area contributed by atoms with Crippen LogP contribution < -0.4 is 15.0 Å². The normalized spacial score (nSPS) is 13.3. The SMILES string of the molecule is CN1CCOc2ccc(NC(=O)Cc3cccc(F)c3)cc21. The first-order valence-corrected chi connectivity index (χ1v) is 7.14. The molecule has 0 saturated heterocycles. The van der Waals surface area contributed by atoms with Crippen LogP contribution in [0.5, 0.6) is 5.75 Å². The second kappa shape index (κ2) is 6.05. The summed E-state index contributed by atoms with van der Waals surface area (Å²) < 4.78 is 18.7. The molecule has 1 N–H and O–H groups in total. The molecule has 1 aliphatic heterocycles. The van der Waals surface area contributed by atoms with Crippen molar-refractivity contribution >= 4 is 17.3 Å². The fourth-order valence-corrected chi connectivity index (χ4v) is 2.47. The summed E-state index contributed by atoms with van der Waals surface area (Å²) in [6.45, 7) is 1.47. The molecule has 0 radical (unpaired) electrons. The summed E-state index contributed by atoms with van der Waals surface area (Å²) in [5.41, 5.74) is 2.31. The van der Waals surface area contributed by atoms with Gasteiger partial charge in [0.05, 0.1) is 18.7 Å². The van der Waals surface area contributed by atoms with Crippen LogP contribution in [0, 0.1) is 5.82 Å². The highest BCUT2D eigenvalue weighted by Crippen LogP contribution is 2.33. The standard InChI is InChI=1S/C17H17FN2O2/c1-20-7-8-22-16-6-5-14(11-15(16)20)19-17(21)10-12-3-2-4-13(18)9-12/h2-6,9,11H,7-8,10H2,1H3,(H,19,21). The van der Waals surface area contributed by atoms with Crippen LogP contribution in [0.3, 0.4) is 0 Å². The van der Waals surface area contributed by atoms with Crippen molar-refractivity contribution in [3.05, 3.63) is 53.8 Å². The predicted octanol–water partition coefficient (Wildman–Crippen LogP) is 2.84. The lowest BCUT2D eigenvalue weighted by atomic mass is 10.1. The van der Waals surface area contributed by atoms with E-state index in [0.717, 1.165) is 18.0 Å². The molecule has 0 unspecified atom stereocenters. The number of benzene rings is 2. The lowest BCUT2D eigenvalue weighted by Gasteiger charge is -2.28. The van der Waals surface area contributed by atoms with Gasteiger partial charge in [-0.15, -0.1) is 0 Å². The zero-order chi connectivity index (χ0) is 15.5. The van der Waals surface area contributed by atoms with Gasteiger partial charge >= 0.3 is 0 Å². The molecular weight excluding hydrogens is 283 g/mol. The van der Waals surface area contributed by atoms with Crippen LogP contribution in [-0.4, -0.2) is 26.1 Å². The minimum Gasteiger partial charge on any atom is -0.490 e. The number of nitrogens with zero attached hydrogens (tertiary/aromatic N) is 1. The van der Waals surface area contributed by atoms with Gasteiger partial charge in [-0.05, 0) is 35.9 Å². The summed E-state index contributed by atoms with van der Waals surface area (Å²) in [4.78, 5) is 14.1. The molecule has 3 rings (SSSR count). The van der Waals surface area contributed by atoms with E-state index in [0.29, 0.717) is 17.9 Å². The summed E-state index contributed by atoms with van der Waals surface area (Å²) >= 11 is 0. The van der Waals surface area contributed by atoms with E-state index in [1.54, 1.807) is 12.1 Å². The van der Waals surface area contributed by atoms with Gasteiger partial charge < -0.3 is 15.0 Å². The zero-order valence-corrected chi connectivity index (χ0v) is 12.3. The Hall–Kier alpha value is -2.56. The van der Waals surface area contributed by atoms with E-state index in [1.165, 1.54) is 12.1 Å². The molecule has 0 atom stereocenters. The number of hydrogen-bond donors (Lipinski definition) is 1. The van der Waals surface area contributed by atoms with E-state index in [9.17, 15) is 9.18 Å². The Kier molecular flexibility index (Phi) is 3.96. The Bertz CT molecular complexity index is 703. The maximum atomic E-state index is 13.1. The van der Waals surface area contributed by atoms with Crippen molar-refractivity contribution in [1.29, 1.82) is 0 Å². The first-order chi connectivity index (χ1) is 10.6. The summed E-state index contributed by atoms with van der Waals surface area (Å²) in [5.74, 6) is 0.305. The van der Waals surface area contributed by atoms with Crippen molar-refractivity contribution in [2.24, 2.45) is 0 Å². The van der Waals surface area contributed by atoms with Crippen molar-refractivity contribution in [1.82, 2.24) is 0 Å². The van der Waals surface area contributed by atoms with Crippen molar-refractivity contribution in [3.8, 4) is 5.75 Å². The number of hydrogen-bond acceptors (Lipinski definition) is 3. The number of rotatable bonds is 3. The fourth-order valence-electron chi connectivity index (χ4n) is 2.47. The number of fused-ring (bicyclic) bond motifs is 1. The Morgan fingerprint density at radius 3 is 3.00 bits per heavy atom. The minimum absolute atomic E-state index is 0.140. The molecule has 0 spiro atoms. The Balaban J connectivity index is 1.70. The topological polar surface area (TPSA) is 41.6 Å². The lowest BCUT2D eigenvalue weighted by Crippen LogP contribution is -2.28. The lowest BCUT2D eigenvalue weighted by molar-refractivity contribution is -0.115. The highest BCUT2D eigenvalue weighted by atomic mass is 19.1. The number of carbonyl (C=O) groups excluding carboxylic acids is 1. The van der Waals surface area contributed by atoms with Crippen LogP contribution in [0.2, 0.25) is 0 Å². The highest BCUT2D eigenvalue weighted by Gasteiger charge is 2.15. The van der Waals surface area contributed by atoms with Gasteiger partial charge in [-0.25, -0.2) is 4.39 Å². The number of anilines is 2. The quantitative estimate of drug-likeness (QED) is 0.947. The van der Waals surface area contributed by atoms with Crippen LogP contribution in [0.1, 0.15) is 5.56 Å². The average Bonchev–Trinajstić information content (AvgIpc) is 2.48. The molecule has 5 heteroatoms. The molecule has 2 aromatic rings. The third-order valence-electron chi connectivity index (χ3n) is 3.59. The van der Waals surface area contributed by atoms with Crippen LogP contribution in [0.15, 0.2) is 42.5 Å². The Morgan fingerprint density at radius 1 is 1.32 bits per heavy atom. The van der Waals surface area contributed by atoms with Gasteiger partial charge in [0.25, 0.3) is 0 Å². The number of halogens is 1. The third kappa shape index (κ3) is 3.19. The van der Waals surface area contributed by atoms with Crippen LogP contribution >= 0.6 is 0 Å². The van der Waals surface area contributed by atoms with Crippen LogP contribution in [0.4, 0.5) is 15.8 Å². The number of amides is 1. The monoisotopic (exact) mass is 300 g/mol. The molecule has 22 heavy (non-hydrogen) atoms. The average molecular weight is 300 g/mol. The molecule has 2 aromatic carbocycles. The molecule has 0 aliphatic carbocycles. The molecule has 0 fully saturated rings. The predicted molar refractivity (Wildman–Crippen MR) is 83.9 cm³/mol. The molecule has 0 bridgehead atoms. The minimum atomic E-state index is -0.335.